The first-order valence-corrected chi connectivity index (χ1v) is 5.01. The quantitative estimate of drug-likeness (QED) is 0.587. The summed E-state index contributed by atoms with van der Waals surface area (Å²) < 4.78 is 5.06. The van der Waals surface area contributed by atoms with Crippen LogP contribution < -0.4 is 0 Å². The van der Waals surface area contributed by atoms with Gasteiger partial charge in [-0.2, -0.15) is 0 Å². The SMILES string of the molecule is CCCCC#CC[C@@H](O)c1ccco1. The molecule has 1 rings (SSSR count). The van der Waals surface area contributed by atoms with Crippen LogP contribution in [0.3, 0.4) is 0 Å². The summed E-state index contributed by atoms with van der Waals surface area (Å²) in [5, 5.41) is 9.57. The number of aliphatic hydroxyl groups is 1. The molecule has 0 bridgehead atoms. The maximum absolute atomic E-state index is 9.57. The van der Waals surface area contributed by atoms with Gasteiger partial charge in [0.05, 0.1) is 6.26 Å². The maximum Gasteiger partial charge on any atom is 0.133 e. The van der Waals surface area contributed by atoms with Gasteiger partial charge in [0.15, 0.2) is 0 Å². The van der Waals surface area contributed by atoms with E-state index < -0.39 is 6.10 Å². The van der Waals surface area contributed by atoms with Crippen LogP contribution in [-0.2, 0) is 0 Å². The van der Waals surface area contributed by atoms with Crippen molar-refractivity contribution in [1.82, 2.24) is 0 Å². The van der Waals surface area contributed by atoms with E-state index in [1.165, 1.54) is 0 Å². The molecule has 2 heteroatoms. The summed E-state index contributed by atoms with van der Waals surface area (Å²) in [5.41, 5.74) is 0. The van der Waals surface area contributed by atoms with E-state index in [1.807, 2.05) is 0 Å². The van der Waals surface area contributed by atoms with Crippen LogP contribution in [0, 0.1) is 11.8 Å². The van der Waals surface area contributed by atoms with E-state index in [0.29, 0.717) is 12.2 Å². The molecule has 0 saturated heterocycles. The average Bonchev–Trinajstić information content (AvgIpc) is 2.70. The predicted molar refractivity (Wildman–Crippen MR) is 55.6 cm³/mol. The number of hydrogen-bond acceptors (Lipinski definition) is 2. The first-order valence-electron chi connectivity index (χ1n) is 5.01. The van der Waals surface area contributed by atoms with Crippen molar-refractivity contribution in [3.8, 4) is 11.8 Å². The summed E-state index contributed by atoms with van der Waals surface area (Å²) in [6.07, 6.45) is 4.64. The molecule has 1 N–H and O–H groups in total. The minimum Gasteiger partial charge on any atom is -0.467 e. The van der Waals surface area contributed by atoms with Crippen molar-refractivity contribution in [1.29, 1.82) is 0 Å². The molecular weight excluding hydrogens is 176 g/mol. The topological polar surface area (TPSA) is 33.4 Å². The van der Waals surface area contributed by atoms with Crippen molar-refractivity contribution in [2.24, 2.45) is 0 Å². The van der Waals surface area contributed by atoms with Gasteiger partial charge < -0.3 is 9.52 Å². The predicted octanol–water partition coefficient (Wildman–Crippen LogP) is 2.90. The Balaban J connectivity index is 2.26. The third kappa shape index (κ3) is 3.68. The Kier molecular flexibility index (Phi) is 4.88. The van der Waals surface area contributed by atoms with Gasteiger partial charge in [0.2, 0.25) is 0 Å². The highest BCUT2D eigenvalue weighted by molar-refractivity contribution is 5.07. The van der Waals surface area contributed by atoms with Crippen molar-refractivity contribution in [3.63, 3.8) is 0 Å². The highest BCUT2D eigenvalue weighted by Gasteiger charge is 2.07. The van der Waals surface area contributed by atoms with Gasteiger partial charge in [0.25, 0.3) is 0 Å². The molecule has 0 aliphatic carbocycles. The van der Waals surface area contributed by atoms with Crippen LogP contribution >= 0.6 is 0 Å². The highest BCUT2D eigenvalue weighted by Crippen LogP contribution is 2.15. The summed E-state index contributed by atoms with van der Waals surface area (Å²) in [6, 6.07) is 3.53. The van der Waals surface area contributed by atoms with E-state index >= 15 is 0 Å². The molecule has 1 heterocycles. The Labute approximate surface area is 84.9 Å². The number of hydrogen-bond donors (Lipinski definition) is 1. The second kappa shape index (κ2) is 6.28. The Morgan fingerprint density at radius 2 is 2.36 bits per heavy atom. The summed E-state index contributed by atoms with van der Waals surface area (Å²) in [7, 11) is 0. The monoisotopic (exact) mass is 192 g/mol. The molecule has 0 amide bonds. The zero-order valence-electron chi connectivity index (χ0n) is 8.49. The van der Waals surface area contributed by atoms with E-state index in [9.17, 15) is 5.11 Å². The van der Waals surface area contributed by atoms with Crippen molar-refractivity contribution < 1.29 is 9.52 Å². The van der Waals surface area contributed by atoms with Gasteiger partial charge in [-0.1, -0.05) is 13.3 Å². The summed E-state index contributed by atoms with van der Waals surface area (Å²) in [4.78, 5) is 0. The second-order valence-corrected chi connectivity index (χ2v) is 3.19. The number of aliphatic hydroxyl groups excluding tert-OH is 1. The maximum atomic E-state index is 9.57. The van der Waals surface area contributed by atoms with Crippen LogP contribution in [0.2, 0.25) is 0 Å². The van der Waals surface area contributed by atoms with E-state index in [0.717, 1.165) is 19.3 Å². The van der Waals surface area contributed by atoms with Crippen LogP contribution in [-0.4, -0.2) is 5.11 Å². The van der Waals surface area contributed by atoms with Gasteiger partial charge in [-0.05, 0) is 18.6 Å². The highest BCUT2D eigenvalue weighted by atomic mass is 16.4. The lowest BCUT2D eigenvalue weighted by molar-refractivity contribution is 0.155. The summed E-state index contributed by atoms with van der Waals surface area (Å²) >= 11 is 0. The molecular formula is C12H16O2. The lowest BCUT2D eigenvalue weighted by Gasteiger charge is -2.00. The molecule has 1 aromatic heterocycles. The molecule has 0 aliphatic rings. The van der Waals surface area contributed by atoms with Gasteiger partial charge in [-0.15, -0.1) is 11.8 Å². The van der Waals surface area contributed by atoms with Crippen LogP contribution in [0.25, 0.3) is 0 Å². The molecule has 1 atom stereocenters. The van der Waals surface area contributed by atoms with Crippen LogP contribution in [0.15, 0.2) is 22.8 Å². The van der Waals surface area contributed by atoms with Crippen molar-refractivity contribution >= 4 is 0 Å². The molecule has 1 aromatic rings. The van der Waals surface area contributed by atoms with E-state index in [-0.39, 0.29) is 0 Å². The molecule has 0 aromatic carbocycles. The smallest absolute Gasteiger partial charge is 0.133 e. The van der Waals surface area contributed by atoms with E-state index in [4.69, 9.17) is 4.42 Å². The lowest BCUT2D eigenvalue weighted by Crippen LogP contribution is -1.92. The van der Waals surface area contributed by atoms with Gasteiger partial charge in [0.1, 0.15) is 11.9 Å². The van der Waals surface area contributed by atoms with Crippen molar-refractivity contribution in [2.45, 2.75) is 38.7 Å². The van der Waals surface area contributed by atoms with Gasteiger partial charge >= 0.3 is 0 Å². The molecule has 0 aliphatic heterocycles. The molecule has 0 spiro atoms. The summed E-state index contributed by atoms with van der Waals surface area (Å²) in [6.45, 7) is 2.14. The Morgan fingerprint density at radius 3 is 3.00 bits per heavy atom. The fraction of sp³-hybridized carbons (Fsp3) is 0.500. The lowest BCUT2D eigenvalue weighted by atomic mass is 10.2. The largest absolute Gasteiger partial charge is 0.467 e. The number of unbranched alkanes of at least 4 members (excludes halogenated alkanes) is 2. The Bertz CT molecular complexity index is 290. The Morgan fingerprint density at radius 1 is 1.50 bits per heavy atom. The minimum atomic E-state index is -0.584. The standard InChI is InChI=1S/C12H16O2/c1-2-3-4-5-6-8-11(13)12-9-7-10-14-12/h7,9-11,13H,2-4,8H2,1H3/t11-/m1/s1. The molecule has 2 nitrogen and oxygen atoms in total. The fourth-order valence-electron chi connectivity index (χ4n) is 1.10. The van der Waals surface area contributed by atoms with Crippen LogP contribution in [0.4, 0.5) is 0 Å². The summed E-state index contributed by atoms with van der Waals surface area (Å²) in [5.74, 6) is 6.57. The van der Waals surface area contributed by atoms with Gasteiger partial charge in [0, 0.05) is 12.8 Å². The van der Waals surface area contributed by atoms with Crippen molar-refractivity contribution in [2.75, 3.05) is 0 Å². The molecule has 0 fully saturated rings. The Hall–Kier alpha value is -1.20. The number of rotatable bonds is 4. The van der Waals surface area contributed by atoms with E-state index in [1.54, 1.807) is 18.4 Å². The first kappa shape index (κ1) is 10.9. The average molecular weight is 192 g/mol. The molecule has 14 heavy (non-hydrogen) atoms. The van der Waals surface area contributed by atoms with Crippen molar-refractivity contribution in [3.05, 3.63) is 24.2 Å². The van der Waals surface area contributed by atoms with Gasteiger partial charge in [-0.25, -0.2) is 0 Å². The van der Waals surface area contributed by atoms with Gasteiger partial charge in [-0.3, -0.25) is 0 Å². The molecule has 76 valence electrons. The van der Waals surface area contributed by atoms with Crippen LogP contribution in [0.1, 0.15) is 44.5 Å². The zero-order chi connectivity index (χ0) is 10.2. The number of furan rings is 1. The normalized spacial score (nSPS) is 11.9. The first-order chi connectivity index (χ1) is 6.84. The second-order valence-electron chi connectivity index (χ2n) is 3.19. The molecule has 0 unspecified atom stereocenters. The fourth-order valence-corrected chi connectivity index (χ4v) is 1.10. The minimum absolute atomic E-state index is 0.456. The molecule has 0 radical (unpaired) electrons. The van der Waals surface area contributed by atoms with Crippen LogP contribution in [0.5, 0.6) is 0 Å². The zero-order valence-corrected chi connectivity index (χ0v) is 8.49. The third-order valence-electron chi connectivity index (χ3n) is 1.95. The third-order valence-corrected chi connectivity index (χ3v) is 1.95. The van der Waals surface area contributed by atoms with E-state index in [2.05, 4.69) is 18.8 Å². The molecule has 0 saturated carbocycles.